The van der Waals surface area contributed by atoms with Gasteiger partial charge in [0.2, 0.25) is 0 Å². The Morgan fingerprint density at radius 3 is 3.04 bits per heavy atom. The molecule has 0 unspecified atom stereocenters. The third-order valence-electron chi connectivity index (χ3n) is 4.75. The first-order valence-corrected chi connectivity index (χ1v) is 9.21. The van der Waals surface area contributed by atoms with Crippen molar-refractivity contribution in [1.29, 1.82) is 0 Å². The minimum absolute atomic E-state index is 0.155. The maximum atomic E-state index is 12.7. The summed E-state index contributed by atoms with van der Waals surface area (Å²) in [5.41, 5.74) is 2.94. The second kappa shape index (κ2) is 6.02. The molecule has 0 N–H and O–H groups in total. The second-order valence-corrected chi connectivity index (χ2v) is 7.15. The molecule has 1 atom stereocenters. The van der Waals surface area contributed by atoms with Crippen LogP contribution < -0.4 is 0 Å². The number of carbonyl (C=O) groups excluding carboxylic acids is 1. The van der Waals surface area contributed by atoms with Crippen molar-refractivity contribution in [2.45, 2.75) is 32.7 Å². The van der Waals surface area contributed by atoms with Crippen LogP contribution in [0.25, 0.3) is 11.2 Å². The van der Waals surface area contributed by atoms with Crippen LogP contribution in [0.3, 0.4) is 0 Å². The van der Waals surface area contributed by atoms with Crippen molar-refractivity contribution in [2.24, 2.45) is 0 Å². The molecule has 4 rings (SSSR count). The largest absolute Gasteiger partial charge is 0.337 e. The summed E-state index contributed by atoms with van der Waals surface area (Å²) in [6.45, 7) is 6.49. The molecule has 0 saturated carbocycles. The van der Waals surface area contributed by atoms with Crippen LogP contribution in [0.2, 0.25) is 0 Å². The van der Waals surface area contributed by atoms with Crippen molar-refractivity contribution >= 4 is 28.4 Å². The molecule has 124 valence electrons. The summed E-state index contributed by atoms with van der Waals surface area (Å²) >= 11 is 1.53. The minimum atomic E-state index is 0.155. The number of amides is 1. The fourth-order valence-corrected chi connectivity index (χ4v) is 4.38. The summed E-state index contributed by atoms with van der Waals surface area (Å²) < 4.78 is 2.18. The van der Waals surface area contributed by atoms with Crippen LogP contribution >= 0.6 is 11.3 Å². The van der Waals surface area contributed by atoms with Gasteiger partial charge in [-0.1, -0.05) is 0 Å². The molecule has 1 aliphatic rings. The number of nitrogens with zero attached hydrogens (tertiary/aromatic N) is 4. The molecular formula is C18H20N4OS. The van der Waals surface area contributed by atoms with E-state index in [1.54, 1.807) is 0 Å². The average molecular weight is 340 g/mol. The number of rotatable bonds is 3. The molecule has 3 aromatic heterocycles. The smallest absolute Gasteiger partial charge is 0.264 e. The van der Waals surface area contributed by atoms with E-state index in [4.69, 9.17) is 4.98 Å². The zero-order chi connectivity index (χ0) is 16.7. The minimum Gasteiger partial charge on any atom is -0.337 e. The Kier molecular flexibility index (Phi) is 3.84. The summed E-state index contributed by atoms with van der Waals surface area (Å²) in [6.07, 6.45) is 2.77. The van der Waals surface area contributed by atoms with Crippen LogP contribution in [-0.4, -0.2) is 38.4 Å². The van der Waals surface area contributed by atoms with E-state index in [1.165, 1.54) is 11.3 Å². The molecule has 0 bridgehead atoms. The zero-order valence-electron chi connectivity index (χ0n) is 13.9. The number of hydrogen-bond donors (Lipinski definition) is 0. The number of fused-ring (bicyclic) bond motifs is 1. The zero-order valence-corrected chi connectivity index (χ0v) is 14.7. The molecule has 4 heterocycles. The van der Waals surface area contributed by atoms with E-state index in [2.05, 4.69) is 16.5 Å². The average Bonchev–Trinajstić information content (AvgIpc) is 3.31. The number of pyridine rings is 1. The quantitative estimate of drug-likeness (QED) is 0.734. The number of carbonyl (C=O) groups is 1. The maximum Gasteiger partial charge on any atom is 0.264 e. The van der Waals surface area contributed by atoms with Crippen LogP contribution in [0.5, 0.6) is 0 Å². The highest BCUT2D eigenvalue weighted by Gasteiger charge is 2.32. The second-order valence-electron chi connectivity index (χ2n) is 6.23. The van der Waals surface area contributed by atoms with Crippen molar-refractivity contribution < 1.29 is 4.79 Å². The first-order valence-electron chi connectivity index (χ1n) is 8.33. The topological polar surface area (TPSA) is 51.0 Å². The molecule has 1 amide bonds. The van der Waals surface area contributed by atoms with Gasteiger partial charge in [-0.2, -0.15) is 0 Å². The summed E-state index contributed by atoms with van der Waals surface area (Å²) in [4.78, 5) is 24.8. The molecule has 0 aromatic carbocycles. The number of thiophene rings is 1. The lowest BCUT2D eigenvalue weighted by molar-refractivity contribution is 0.0794. The Bertz CT molecular complexity index is 897. The number of aryl methyl sites for hydroxylation is 2. The lowest BCUT2D eigenvalue weighted by Gasteiger charge is -2.16. The highest BCUT2D eigenvalue weighted by atomic mass is 32.1. The van der Waals surface area contributed by atoms with E-state index in [0.717, 1.165) is 53.5 Å². The Morgan fingerprint density at radius 2 is 2.29 bits per heavy atom. The van der Waals surface area contributed by atoms with Crippen molar-refractivity contribution in [2.75, 3.05) is 13.1 Å². The molecule has 1 saturated heterocycles. The highest BCUT2D eigenvalue weighted by molar-refractivity contribution is 7.12. The van der Waals surface area contributed by atoms with Crippen molar-refractivity contribution in [3.05, 3.63) is 46.0 Å². The van der Waals surface area contributed by atoms with Gasteiger partial charge in [-0.15, -0.1) is 11.3 Å². The van der Waals surface area contributed by atoms with E-state index in [-0.39, 0.29) is 11.8 Å². The molecule has 24 heavy (non-hydrogen) atoms. The molecule has 5 nitrogen and oxygen atoms in total. The Labute approximate surface area is 145 Å². The van der Waals surface area contributed by atoms with E-state index in [1.807, 2.05) is 41.6 Å². The van der Waals surface area contributed by atoms with Gasteiger partial charge >= 0.3 is 0 Å². The summed E-state index contributed by atoms with van der Waals surface area (Å²) in [5.74, 6) is 1.50. The number of hydrogen-bond acceptors (Lipinski definition) is 4. The summed E-state index contributed by atoms with van der Waals surface area (Å²) in [6, 6.07) is 5.93. The molecule has 0 radical (unpaired) electrons. The molecular weight excluding hydrogens is 320 g/mol. The summed E-state index contributed by atoms with van der Waals surface area (Å²) in [7, 11) is 0. The third kappa shape index (κ3) is 2.41. The lowest BCUT2D eigenvalue weighted by atomic mass is 10.1. The van der Waals surface area contributed by atoms with Crippen LogP contribution in [0.4, 0.5) is 0 Å². The predicted molar refractivity (Wildman–Crippen MR) is 95.5 cm³/mol. The van der Waals surface area contributed by atoms with Crippen LogP contribution in [0, 0.1) is 6.92 Å². The van der Waals surface area contributed by atoms with Gasteiger partial charge in [0.15, 0.2) is 5.65 Å². The predicted octanol–water partition coefficient (Wildman–Crippen LogP) is 3.45. The van der Waals surface area contributed by atoms with Crippen LogP contribution in [-0.2, 0) is 6.54 Å². The van der Waals surface area contributed by atoms with Crippen LogP contribution in [0.15, 0.2) is 29.8 Å². The normalized spacial score (nSPS) is 17.8. The van der Waals surface area contributed by atoms with Crippen molar-refractivity contribution in [3.63, 3.8) is 0 Å². The maximum absolute atomic E-state index is 12.7. The monoisotopic (exact) mass is 340 g/mol. The standard InChI is InChI=1S/C18H20N4OS/c1-3-22-16(20-14-5-4-8-19-17(14)22)13-6-9-21(11-13)18(23)15-12(2)7-10-24-15/h4-5,7-8,10,13H,3,6,9,11H2,1-2H3/t13-/m0/s1. The van der Waals surface area contributed by atoms with E-state index in [0.29, 0.717) is 0 Å². The number of imidazole rings is 1. The first-order chi connectivity index (χ1) is 11.7. The fourth-order valence-electron chi connectivity index (χ4n) is 3.49. The van der Waals surface area contributed by atoms with Gasteiger partial charge in [-0.25, -0.2) is 9.97 Å². The van der Waals surface area contributed by atoms with Gasteiger partial charge in [0.05, 0.1) is 4.88 Å². The first kappa shape index (κ1) is 15.3. The Balaban J connectivity index is 1.61. The molecule has 0 spiro atoms. The number of aromatic nitrogens is 3. The number of likely N-dealkylation sites (tertiary alicyclic amines) is 1. The van der Waals surface area contributed by atoms with Gasteiger partial charge in [0.1, 0.15) is 11.3 Å². The van der Waals surface area contributed by atoms with Gasteiger partial charge in [0, 0.05) is 31.7 Å². The Morgan fingerprint density at radius 1 is 1.42 bits per heavy atom. The van der Waals surface area contributed by atoms with Gasteiger partial charge < -0.3 is 9.47 Å². The van der Waals surface area contributed by atoms with Gasteiger partial charge in [-0.05, 0) is 49.4 Å². The van der Waals surface area contributed by atoms with Crippen molar-refractivity contribution in [1.82, 2.24) is 19.4 Å². The molecule has 6 heteroatoms. The molecule has 3 aromatic rings. The lowest BCUT2D eigenvalue weighted by Crippen LogP contribution is -2.28. The van der Waals surface area contributed by atoms with Gasteiger partial charge in [0.25, 0.3) is 5.91 Å². The van der Waals surface area contributed by atoms with Crippen molar-refractivity contribution in [3.8, 4) is 0 Å². The van der Waals surface area contributed by atoms with E-state index < -0.39 is 0 Å². The van der Waals surface area contributed by atoms with E-state index >= 15 is 0 Å². The summed E-state index contributed by atoms with van der Waals surface area (Å²) in [5, 5.41) is 1.98. The van der Waals surface area contributed by atoms with Gasteiger partial charge in [-0.3, -0.25) is 4.79 Å². The van der Waals surface area contributed by atoms with Crippen LogP contribution in [0.1, 0.15) is 40.3 Å². The fraction of sp³-hybridized carbons (Fsp3) is 0.389. The molecule has 1 fully saturated rings. The SMILES string of the molecule is CCn1c([C@H]2CCN(C(=O)c3sccc3C)C2)nc2cccnc21. The third-order valence-corrected chi connectivity index (χ3v) is 5.75. The molecule has 1 aliphatic heterocycles. The molecule has 0 aliphatic carbocycles. The van der Waals surface area contributed by atoms with E-state index in [9.17, 15) is 4.79 Å². The highest BCUT2D eigenvalue weighted by Crippen LogP contribution is 2.30. The Hall–Kier alpha value is -2.21.